The molecule has 40 heavy (non-hydrogen) atoms. The maximum absolute atomic E-state index is 14.2. The van der Waals surface area contributed by atoms with Crippen LogP contribution in [0, 0.1) is 6.92 Å². The van der Waals surface area contributed by atoms with Gasteiger partial charge in [0.05, 0.1) is 10.6 Å². The van der Waals surface area contributed by atoms with E-state index in [9.17, 15) is 18.0 Å². The highest BCUT2D eigenvalue weighted by Crippen LogP contribution is 2.27. The molecule has 0 bridgehead atoms. The number of amides is 2. The number of sulfonamides is 1. The maximum atomic E-state index is 14.2. The summed E-state index contributed by atoms with van der Waals surface area (Å²) >= 11 is 3.40. The third kappa shape index (κ3) is 7.12. The lowest BCUT2D eigenvalue weighted by Crippen LogP contribution is -2.53. The van der Waals surface area contributed by atoms with Crippen molar-refractivity contribution >= 4 is 43.5 Å². The molecule has 0 heterocycles. The van der Waals surface area contributed by atoms with Crippen LogP contribution in [-0.2, 0) is 26.2 Å². The third-order valence-electron chi connectivity index (χ3n) is 7.41. The van der Waals surface area contributed by atoms with Gasteiger partial charge in [-0.15, -0.1) is 0 Å². The number of halogens is 1. The Balaban J connectivity index is 1.71. The first kappa shape index (κ1) is 29.8. The molecule has 7 nitrogen and oxygen atoms in total. The van der Waals surface area contributed by atoms with Crippen LogP contribution in [0.2, 0.25) is 0 Å². The largest absolute Gasteiger partial charge is 0.352 e. The topological polar surface area (TPSA) is 86.8 Å². The second-order valence-corrected chi connectivity index (χ2v) is 12.9. The highest BCUT2D eigenvalue weighted by Gasteiger charge is 2.34. The van der Waals surface area contributed by atoms with Gasteiger partial charge in [-0.25, -0.2) is 8.42 Å². The van der Waals surface area contributed by atoms with E-state index in [4.69, 9.17) is 0 Å². The number of hydrogen-bond donors (Lipinski definition) is 1. The summed E-state index contributed by atoms with van der Waals surface area (Å²) in [6.07, 6.45) is 4.42. The average Bonchev–Trinajstić information content (AvgIpc) is 3.46. The number of nitrogens with one attached hydrogen (secondary N) is 1. The molecule has 212 valence electrons. The van der Waals surface area contributed by atoms with Crippen LogP contribution in [0.3, 0.4) is 0 Å². The van der Waals surface area contributed by atoms with Gasteiger partial charge >= 0.3 is 0 Å². The van der Waals surface area contributed by atoms with Gasteiger partial charge in [-0.05, 0) is 73.7 Å². The number of anilines is 1. The number of aryl methyl sites for hydroxylation is 1. The molecule has 1 fully saturated rings. The first-order valence-corrected chi connectivity index (χ1v) is 15.9. The van der Waals surface area contributed by atoms with Gasteiger partial charge in [-0.1, -0.05) is 78.2 Å². The molecule has 1 aliphatic rings. The summed E-state index contributed by atoms with van der Waals surface area (Å²) < 4.78 is 29.6. The molecule has 1 N–H and O–H groups in total. The fraction of sp³-hybridized carbons (Fsp3) is 0.355. The lowest BCUT2D eigenvalue weighted by molar-refractivity contribution is -0.140. The average molecular weight is 627 g/mol. The Labute approximate surface area is 245 Å². The Hall–Kier alpha value is -3.17. The molecule has 0 unspecified atom stereocenters. The second kappa shape index (κ2) is 13.5. The molecule has 0 saturated heterocycles. The molecule has 0 radical (unpaired) electrons. The van der Waals surface area contributed by atoms with E-state index in [0.717, 1.165) is 45.6 Å². The highest BCUT2D eigenvalue weighted by atomic mass is 79.9. The summed E-state index contributed by atoms with van der Waals surface area (Å²) in [4.78, 5) is 29.3. The van der Waals surface area contributed by atoms with Crippen molar-refractivity contribution in [3.05, 3.63) is 94.5 Å². The zero-order valence-corrected chi connectivity index (χ0v) is 25.3. The van der Waals surface area contributed by atoms with Crippen molar-refractivity contribution in [2.75, 3.05) is 10.8 Å². The molecule has 3 aromatic rings. The van der Waals surface area contributed by atoms with Gasteiger partial charge in [0.1, 0.15) is 12.6 Å². The predicted molar refractivity (Wildman–Crippen MR) is 161 cm³/mol. The standard InChI is InChI=1S/C31H36BrN3O4S/c1-3-29(31(37)33-26-13-9-10-14-26)34(21-24-12-8-7-11-23(24)2)30(36)22-35(27-19-17-25(32)18-20-27)40(38,39)28-15-5-4-6-16-28/h4-8,11-12,15-20,26,29H,3,9-10,13-14,21-22H2,1-2H3,(H,33,37)/t29-/m1/s1. The van der Waals surface area contributed by atoms with Crippen molar-refractivity contribution in [2.45, 2.75) is 69.5 Å². The smallest absolute Gasteiger partial charge is 0.264 e. The molecule has 1 aliphatic carbocycles. The Morgan fingerprint density at radius 2 is 1.57 bits per heavy atom. The number of hydrogen-bond acceptors (Lipinski definition) is 4. The van der Waals surface area contributed by atoms with Crippen LogP contribution in [0.15, 0.2) is 88.2 Å². The van der Waals surface area contributed by atoms with Crippen LogP contribution in [0.5, 0.6) is 0 Å². The number of carbonyl (C=O) groups is 2. The summed E-state index contributed by atoms with van der Waals surface area (Å²) in [5.41, 5.74) is 2.26. The molecule has 0 spiro atoms. The molecular formula is C31H36BrN3O4S. The van der Waals surface area contributed by atoms with Crippen LogP contribution in [0.25, 0.3) is 0 Å². The van der Waals surface area contributed by atoms with Crippen LogP contribution < -0.4 is 9.62 Å². The van der Waals surface area contributed by atoms with Crippen LogP contribution in [0.1, 0.15) is 50.2 Å². The first-order chi connectivity index (χ1) is 19.2. The van der Waals surface area contributed by atoms with Crippen molar-refractivity contribution in [2.24, 2.45) is 0 Å². The van der Waals surface area contributed by atoms with Gasteiger partial charge in [0.2, 0.25) is 11.8 Å². The molecular weight excluding hydrogens is 590 g/mol. The predicted octanol–water partition coefficient (Wildman–Crippen LogP) is 5.82. The summed E-state index contributed by atoms with van der Waals surface area (Å²) in [6, 6.07) is 22.0. The molecule has 0 aliphatic heterocycles. The molecule has 2 amide bonds. The lowest BCUT2D eigenvalue weighted by atomic mass is 10.1. The Bertz CT molecular complexity index is 1410. The zero-order chi connectivity index (χ0) is 28.7. The quantitative estimate of drug-likeness (QED) is 0.291. The maximum Gasteiger partial charge on any atom is 0.264 e. The van der Waals surface area contributed by atoms with Gasteiger partial charge in [0, 0.05) is 17.1 Å². The molecule has 1 atom stereocenters. The van der Waals surface area contributed by atoms with Crippen molar-refractivity contribution in [3.63, 3.8) is 0 Å². The van der Waals surface area contributed by atoms with E-state index in [1.165, 1.54) is 12.1 Å². The van der Waals surface area contributed by atoms with Crippen molar-refractivity contribution in [3.8, 4) is 0 Å². The fourth-order valence-electron chi connectivity index (χ4n) is 5.11. The number of nitrogens with zero attached hydrogens (tertiary/aromatic N) is 2. The van der Waals surface area contributed by atoms with Crippen molar-refractivity contribution in [1.82, 2.24) is 10.2 Å². The normalized spacial score (nSPS) is 14.5. The molecule has 9 heteroatoms. The van der Waals surface area contributed by atoms with E-state index >= 15 is 0 Å². The van der Waals surface area contributed by atoms with Gasteiger partial charge in [-0.3, -0.25) is 13.9 Å². The van der Waals surface area contributed by atoms with Crippen LogP contribution >= 0.6 is 15.9 Å². The zero-order valence-electron chi connectivity index (χ0n) is 22.9. The minimum Gasteiger partial charge on any atom is -0.352 e. The van der Waals surface area contributed by atoms with Gasteiger partial charge < -0.3 is 10.2 Å². The van der Waals surface area contributed by atoms with E-state index < -0.39 is 28.5 Å². The summed E-state index contributed by atoms with van der Waals surface area (Å²) in [5, 5.41) is 3.14. The van der Waals surface area contributed by atoms with E-state index in [1.807, 2.05) is 38.1 Å². The summed E-state index contributed by atoms with van der Waals surface area (Å²) in [7, 11) is -4.08. The molecule has 3 aromatic carbocycles. The van der Waals surface area contributed by atoms with Crippen LogP contribution in [-0.4, -0.2) is 43.8 Å². The second-order valence-electron chi connectivity index (χ2n) is 10.2. The van der Waals surface area contributed by atoms with E-state index in [-0.39, 0.29) is 23.4 Å². The Kier molecular flexibility index (Phi) is 10.0. The highest BCUT2D eigenvalue weighted by molar-refractivity contribution is 9.10. The van der Waals surface area contributed by atoms with Crippen molar-refractivity contribution in [1.29, 1.82) is 0 Å². The van der Waals surface area contributed by atoms with E-state index in [0.29, 0.717) is 12.1 Å². The minimum absolute atomic E-state index is 0.0854. The van der Waals surface area contributed by atoms with Gasteiger partial charge in [0.25, 0.3) is 10.0 Å². The monoisotopic (exact) mass is 625 g/mol. The summed E-state index contributed by atoms with van der Waals surface area (Å²) in [5.74, 6) is -0.642. The SMILES string of the molecule is CC[C@H](C(=O)NC1CCCC1)N(Cc1ccccc1C)C(=O)CN(c1ccc(Br)cc1)S(=O)(=O)c1ccccc1. The number of rotatable bonds is 11. The lowest BCUT2D eigenvalue weighted by Gasteiger charge is -2.34. The molecule has 1 saturated carbocycles. The van der Waals surface area contributed by atoms with Gasteiger partial charge in [-0.2, -0.15) is 0 Å². The molecule has 0 aromatic heterocycles. The Morgan fingerprint density at radius 3 is 2.20 bits per heavy atom. The number of carbonyl (C=O) groups excluding carboxylic acids is 2. The van der Waals surface area contributed by atoms with E-state index in [2.05, 4.69) is 21.2 Å². The van der Waals surface area contributed by atoms with E-state index in [1.54, 1.807) is 47.4 Å². The Morgan fingerprint density at radius 1 is 0.950 bits per heavy atom. The third-order valence-corrected chi connectivity index (χ3v) is 9.73. The van der Waals surface area contributed by atoms with Crippen molar-refractivity contribution < 1.29 is 18.0 Å². The molecule has 4 rings (SSSR count). The fourth-order valence-corrected chi connectivity index (χ4v) is 6.81. The first-order valence-electron chi connectivity index (χ1n) is 13.7. The number of benzene rings is 3. The summed E-state index contributed by atoms with van der Waals surface area (Å²) in [6.45, 7) is 3.59. The minimum atomic E-state index is -4.08. The van der Waals surface area contributed by atoms with Crippen LogP contribution in [0.4, 0.5) is 5.69 Å². The van der Waals surface area contributed by atoms with Gasteiger partial charge in [0.15, 0.2) is 0 Å².